The molecule has 0 radical (unpaired) electrons. The number of carbonyl (C=O) groups excluding carboxylic acids is 1. The van der Waals surface area contributed by atoms with E-state index in [4.69, 9.17) is 16.7 Å². The van der Waals surface area contributed by atoms with E-state index in [0.29, 0.717) is 18.0 Å². The van der Waals surface area contributed by atoms with E-state index >= 15 is 0 Å². The normalized spacial score (nSPS) is 18.5. The Morgan fingerprint density at radius 2 is 2.10 bits per heavy atom. The molecule has 1 aliphatic heterocycles. The lowest BCUT2D eigenvalue weighted by Crippen LogP contribution is -2.44. The summed E-state index contributed by atoms with van der Waals surface area (Å²) in [6.07, 6.45) is 3.16. The first kappa shape index (κ1) is 15.6. The van der Waals surface area contributed by atoms with Gasteiger partial charge in [0.25, 0.3) is 5.91 Å². The lowest BCUT2D eigenvalue weighted by Gasteiger charge is -2.35. The van der Waals surface area contributed by atoms with E-state index in [1.807, 2.05) is 0 Å². The van der Waals surface area contributed by atoms with Gasteiger partial charge in [-0.05, 0) is 43.9 Å². The number of aromatic hydroxyl groups is 1. The van der Waals surface area contributed by atoms with Crippen LogP contribution in [0.5, 0.6) is 5.75 Å². The molecule has 2 rings (SSSR count). The van der Waals surface area contributed by atoms with E-state index in [1.54, 1.807) is 11.0 Å². The van der Waals surface area contributed by atoms with Crippen molar-refractivity contribution in [1.82, 2.24) is 4.90 Å². The fourth-order valence-corrected chi connectivity index (χ4v) is 2.86. The number of likely N-dealkylation sites (tertiary alicyclic amines) is 1. The Morgan fingerprint density at radius 3 is 2.76 bits per heavy atom. The summed E-state index contributed by atoms with van der Waals surface area (Å²) in [5.74, 6) is -1.27. The van der Waals surface area contributed by atoms with Gasteiger partial charge in [-0.3, -0.25) is 9.59 Å². The Kier molecular flexibility index (Phi) is 5.07. The van der Waals surface area contributed by atoms with E-state index in [9.17, 15) is 14.7 Å². The second-order valence-corrected chi connectivity index (χ2v) is 5.68. The Bertz CT molecular complexity index is 546. The zero-order valence-electron chi connectivity index (χ0n) is 11.6. The highest BCUT2D eigenvalue weighted by atomic mass is 35.5. The van der Waals surface area contributed by atoms with Crippen molar-refractivity contribution >= 4 is 23.5 Å². The highest BCUT2D eigenvalue weighted by Gasteiger charge is 2.29. The van der Waals surface area contributed by atoms with Gasteiger partial charge in [0.05, 0.1) is 5.56 Å². The number of hydrogen-bond acceptors (Lipinski definition) is 3. The summed E-state index contributed by atoms with van der Waals surface area (Å²) in [5.41, 5.74) is 0.210. The number of aliphatic carboxylic acids is 1. The molecule has 1 aromatic rings. The van der Waals surface area contributed by atoms with Crippen molar-refractivity contribution in [1.29, 1.82) is 0 Å². The quantitative estimate of drug-likeness (QED) is 0.896. The fraction of sp³-hybridized carbons (Fsp3) is 0.467. The summed E-state index contributed by atoms with van der Waals surface area (Å²) in [5, 5.41) is 19.0. The lowest BCUT2D eigenvalue weighted by molar-refractivity contribution is -0.137. The molecule has 1 fully saturated rings. The van der Waals surface area contributed by atoms with E-state index in [-0.39, 0.29) is 29.7 Å². The van der Waals surface area contributed by atoms with Crippen molar-refractivity contribution in [2.75, 3.05) is 6.54 Å². The Labute approximate surface area is 128 Å². The maximum Gasteiger partial charge on any atom is 0.303 e. The van der Waals surface area contributed by atoms with Crippen LogP contribution in [0.25, 0.3) is 0 Å². The van der Waals surface area contributed by atoms with Crippen LogP contribution < -0.4 is 0 Å². The van der Waals surface area contributed by atoms with Gasteiger partial charge in [-0.15, -0.1) is 0 Å². The zero-order valence-corrected chi connectivity index (χ0v) is 12.3. The maximum atomic E-state index is 12.6. The SMILES string of the molecule is O=C(O)CC[C@@H]1CCCCN1C(=O)c1ccc(Cl)cc1O. The second-order valence-electron chi connectivity index (χ2n) is 5.24. The zero-order chi connectivity index (χ0) is 15.4. The first-order valence-corrected chi connectivity index (χ1v) is 7.38. The van der Waals surface area contributed by atoms with E-state index < -0.39 is 5.97 Å². The summed E-state index contributed by atoms with van der Waals surface area (Å²) < 4.78 is 0. The predicted octanol–water partition coefficient (Wildman–Crippen LogP) is 2.91. The van der Waals surface area contributed by atoms with Crippen molar-refractivity contribution in [2.24, 2.45) is 0 Å². The number of amides is 1. The average Bonchev–Trinajstić information content (AvgIpc) is 2.45. The third kappa shape index (κ3) is 3.88. The van der Waals surface area contributed by atoms with Crippen LogP contribution in [0, 0.1) is 0 Å². The minimum absolute atomic E-state index is 0.0427. The number of piperidine rings is 1. The summed E-state index contributed by atoms with van der Waals surface area (Å²) in [6.45, 7) is 0.588. The van der Waals surface area contributed by atoms with E-state index in [2.05, 4.69) is 0 Å². The highest BCUT2D eigenvalue weighted by molar-refractivity contribution is 6.30. The summed E-state index contributed by atoms with van der Waals surface area (Å²) >= 11 is 5.77. The average molecular weight is 312 g/mol. The summed E-state index contributed by atoms with van der Waals surface area (Å²) in [4.78, 5) is 25.0. The molecule has 0 saturated carbocycles. The molecule has 1 atom stereocenters. The smallest absolute Gasteiger partial charge is 0.303 e. The van der Waals surface area contributed by atoms with E-state index in [0.717, 1.165) is 19.3 Å². The monoisotopic (exact) mass is 311 g/mol. The molecule has 0 unspecified atom stereocenters. The minimum atomic E-state index is -0.859. The van der Waals surface area contributed by atoms with Crippen LogP contribution in [-0.2, 0) is 4.79 Å². The molecule has 1 heterocycles. The van der Waals surface area contributed by atoms with Crippen molar-refractivity contribution in [3.8, 4) is 5.75 Å². The molecular formula is C15H18ClNO4. The van der Waals surface area contributed by atoms with Crippen LogP contribution in [-0.4, -0.2) is 39.6 Å². The van der Waals surface area contributed by atoms with Gasteiger partial charge in [-0.1, -0.05) is 11.6 Å². The number of rotatable bonds is 4. The third-order valence-electron chi connectivity index (χ3n) is 3.77. The minimum Gasteiger partial charge on any atom is -0.507 e. The van der Waals surface area contributed by atoms with Gasteiger partial charge in [0.2, 0.25) is 0 Å². The molecule has 1 amide bonds. The van der Waals surface area contributed by atoms with Crippen molar-refractivity contribution in [2.45, 2.75) is 38.1 Å². The fourth-order valence-electron chi connectivity index (χ4n) is 2.70. The van der Waals surface area contributed by atoms with Gasteiger partial charge in [0, 0.05) is 24.0 Å². The van der Waals surface area contributed by atoms with Crippen LogP contribution in [0.2, 0.25) is 5.02 Å². The Hall–Kier alpha value is -1.75. The molecule has 21 heavy (non-hydrogen) atoms. The van der Waals surface area contributed by atoms with Gasteiger partial charge in [0.1, 0.15) is 5.75 Å². The number of carboxylic acid groups (broad SMARTS) is 1. The summed E-state index contributed by atoms with van der Waals surface area (Å²) in [6, 6.07) is 4.32. The third-order valence-corrected chi connectivity index (χ3v) is 4.00. The van der Waals surface area contributed by atoms with Crippen molar-refractivity contribution in [3.05, 3.63) is 28.8 Å². The molecule has 1 aromatic carbocycles. The first-order valence-electron chi connectivity index (χ1n) is 7.00. The molecule has 1 saturated heterocycles. The van der Waals surface area contributed by atoms with E-state index in [1.165, 1.54) is 12.1 Å². The van der Waals surface area contributed by atoms with Gasteiger partial charge in [-0.25, -0.2) is 0 Å². The molecule has 1 aliphatic rings. The largest absolute Gasteiger partial charge is 0.507 e. The molecule has 5 nitrogen and oxygen atoms in total. The van der Waals surface area contributed by atoms with Gasteiger partial charge >= 0.3 is 5.97 Å². The van der Waals surface area contributed by atoms with Crippen LogP contribution in [0.4, 0.5) is 0 Å². The lowest BCUT2D eigenvalue weighted by atomic mass is 9.96. The Morgan fingerprint density at radius 1 is 1.33 bits per heavy atom. The summed E-state index contributed by atoms with van der Waals surface area (Å²) in [7, 11) is 0. The number of halogens is 1. The van der Waals surface area contributed by atoms with Gasteiger partial charge < -0.3 is 15.1 Å². The van der Waals surface area contributed by atoms with Crippen LogP contribution in [0.1, 0.15) is 42.5 Å². The number of carbonyl (C=O) groups is 2. The van der Waals surface area contributed by atoms with Crippen molar-refractivity contribution < 1.29 is 19.8 Å². The first-order chi connectivity index (χ1) is 9.99. The molecular weight excluding hydrogens is 294 g/mol. The standard InChI is InChI=1S/C15H18ClNO4/c16-10-4-6-12(13(18)9-10)15(21)17-8-2-1-3-11(17)5-7-14(19)20/h4,6,9,11,18H,1-3,5,7-8H2,(H,19,20)/t11-/m0/s1. The molecule has 6 heteroatoms. The molecule has 0 bridgehead atoms. The predicted molar refractivity (Wildman–Crippen MR) is 78.7 cm³/mol. The number of hydrogen-bond donors (Lipinski definition) is 2. The van der Waals surface area contributed by atoms with Gasteiger partial charge in [-0.2, -0.15) is 0 Å². The number of nitrogens with zero attached hydrogens (tertiary/aromatic N) is 1. The van der Waals surface area contributed by atoms with Crippen LogP contribution in [0.3, 0.4) is 0 Å². The number of phenols is 1. The molecule has 2 N–H and O–H groups in total. The molecule has 0 aromatic heterocycles. The van der Waals surface area contributed by atoms with Crippen LogP contribution in [0.15, 0.2) is 18.2 Å². The topological polar surface area (TPSA) is 77.8 Å². The molecule has 0 aliphatic carbocycles. The van der Waals surface area contributed by atoms with Crippen molar-refractivity contribution in [3.63, 3.8) is 0 Å². The molecule has 0 spiro atoms. The maximum absolute atomic E-state index is 12.6. The number of carboxylic acids is 1. The van der Waals surface area contributed by atoms with Gasteiger partial charge in [0.15, 0.2) is 0 Å². The molecule has 114 valence electrons. The van der Waals surface area contributed by atoms with Crippen LogP contribution >= 0.6 is 11.6 Å². The number of phenolic OH excluding ortho intramolecular Hbond substituents is 1. The number of benzene rings is 1. The Balaban J connectivity index is 2.16. The second kappa shape index (κ2) is 6.80. The highest BCUT2D eigenvalue weighted by Crippen LogP contribution is 2.27.